The molecular formula is C3H7F5N3OP3. The molecule has 1 heterocycles. The van der Waals surface area contributed by atoms with Crippen LogP contribution in [0.4, 0.5) is 22.0 Å². The van der Waals surface area contributed by atoms with Gasteiger partial charge in [0.1, 0.15) is 0 Å². The summed E-state index contributed by atoms with van der Waals surface area (Å²) in [4.78, 5) is 4.81. The van der Waals surface area contributed by atoms with Gasteiger partial charge in [-0.3, -0.25) is 4.86 Å². The van der Waals surface area contributed by atoms with Crippen molar-refractivity contribution in [2.45, 2.75) is 12.2 Å². The molecule has 0 aromatic rings. The van der Waals surface area contributed by atoms with E-state index < -0.39 is 29.6 Å². The molecule has 0 bridgehead atoms. The van der Waals surface area contributed by atoms with Crippen LogP contribution in [0.2, 0.25) is 0 Å². The Labute approximate surface area is 87.0 Å². The van der Waals surface area contributed by atoms with Gasteiger partial charge in [-0.25, -0.2) is 4.86 Å². The van der Waals surface area contributed by atoms with E-state index in [0.717, 1.165) is 7.11 Å². The number of alkyl halides is 5. The fourth-order valence-electron chi connectivity index (χ4n) is 0.684. The Kier molecular flexibility index (Phi) is 4.58. The second-order valence-electron chi connectivity index (χ2n) is 2.28. The lowest BCUT2D eigenvalue weighted by Gasteiger charge is -2.38. The zero-order valence-corrected chi connectivity index (χ0v) is 10.1. The molecule has 1 rings (SSSR count). The van der Waals surface area contributed by atoms with Gasteiger partial charge >= 0.3 is 12.2 Å². The van der Waals surface area contributed by atoms with Crippen LogP contribution in [0.5, 0.6) is 0 Å². The van der Waals surface area contributed by atoms with E-state index in [0.29, 0.717) is 0 Å². The van der Waals surface area contributed by atoms with Crippen molar-refractivity contribution in [3.63, 3.8) is 0 Å². The lowest BCUT2D eigenvalue weighted by molar-refractivity contribution is -0.308. The Balaban J connectivity index is 2.83. The first-order valence-corrected chi connectivity index (χ1v) is 6.57. The van der Waals surface area contributed by atoms with Crippen LogP contribution in [0.15, 0.2) is 0 Å². The number of nitrogens with zero attached hydrogens (tertiary/aromatic N) is 1. The Bertz CT molecular complexity index is 227. The van der Waals surface area contributed by atoms with Gasteiger partial charge in [0.15, 0.2) is 8.45 Å². The molecule has 3 unspecified atom stereocenters. The molecular weight excluding hydrogens is 282 g/mol. The van der Waals surface area contributed by atoms with E-state index in [1.54, 1.807) is 0 Å². The van der Waals surface area contributed by atoms with E-state index in [-0.39, 0.29) is 13.3 Å². The van der Waals surface area contributed by atoms with E-state index in [1.165, 1.54) is 0 Å². The maximum absolute atomic E-state index is 12.9. The summed E-state index contributed by atoms with van der Waals surface area (Å²) in [5, 5.41) is 0. The molecule has 0 aromatic carbocycles. The van der Waals surface area contributed by atoms with E-state index in [2.05, 4.69) is 14.2 Å². The van der Waals surface area contributed by atoms with Gasteiger partial charge < -0.3 is 4.52 Å². The van der Waals surface area contributed by atoms with Crippen molar-refractivity contribution in [1.29, 1.82) is 0 Å². The highest BCUT2D eigenvalue weighted by molar-refractivity contribution is 7.70. The van der Waals surface area contributed by atoms with Gasteiger partial charge in [-0.15, -0.1) is 4.44 Å². The molecule has 1 saturated heterocycles. The van der Waals surface area contributed by atoms with E-state index in [1.807, 2.05) is 0 Å². The van der Waals surface area contributed by atoms with Crippen LogP contribution < -0.4 is 9.72 Å². The van der Waals surface area contributed by atoms with Crippen molar-refractivity contribution in [2.24, 2.45) is 0 Å². The molecule has 12 heteroatoms. The Morgan fingerprint density at radius 2 is 1.87 bits per heavy atom. The normalized spacial score (nSPS) is 28.8. The molecule has 0 amide bonds. The highest BCUT2D eigenvalue weighted by Gasteiger charge is 2.64. The summed E-state index contributed by atoms with van der Waals surface area (Å²) in [5.74, 6) is 0. The maximum atomic E-state index is 12.9. The van der Waals surface area contributed by atoms with E-state index >= 15 is 0 Å². The lowest BCUT2D eigenvalue weighted by Crippen LogP contribution is -2.48. The Morgan fingerprint density at radius 1 is 1.27 bits per heavy atom. The van der Waals surface area contributed by atoms with Gasteiger partial charge in [-0.1, -0.05) is 0 Å². The van der Waals surface area contributed by atoms with Crippen molar-refractivity contribution in [3.8, 4) is 0 Å². The number of halogens is 5. The summed E-state index contributed by atoms with van der Waals surface area (Å²) in [6.07, 6.45) is -5.61. The highest BCUT2D eigenvalue weighted by Crippen LogP contribution is 2.59. The Morgan fingerprint density at radius 3 is 2.33 bits per heavy atom. The minimum absolute atomic E-state index is 0.0428. The minimum atomic E-state index is -5.61. The zero-order valence-electron chi connectivity index (χ0n) is 7.19. The predicted octanol–water partition coefficient (Wildman–Crippen LogP) is 2.53. The average Bonchev–Trinajstić information content (AvgIpc) is 2.16. The first-order valence-electron chi connectivity index (χ1n) is 3.41. The second-order valence-corrected chi connectivity index (χ2v) is 6.78. The second kappa shape index (κ2) is 4.96. The fourth-order valence-corrected chi connectivity index (χ4v) is 5.49. The van der Waals surface area contributed by atoms with Crippen molar-refractivity contribution >= 4 is 26.2 Å². The van der Waals surface area contributed by atoms with Gasteiger partial charge in [-0.05, 0) is 0 Å². The first kappa shape index (κ1) is 13.8. The van der Waals surface area contributed by atoms with Crippen LogP contribution in [0.3, 0.4) is 0 Å². The maximum Gasteiger partial charge on any atom is 0.470 e. The molecule has 15 heavy (non-hydrogen) atoms. The van der Waals surface area contributed by atoms with Crippen LogP contribution in [-0.2, 0) is 4.52 Å². The molecule has 0 spiro atoms. The third kappa shape index (κ3) is 2.91. The van der Waals surface area contributed by atoms with E-state index in [4.69, 9.17) is 0 Å². The van der Waals surface area contributed by atoms with Gasteiger partial charge in [-0.2, -0.15) is 22.0 Å². The number of hydrogen-bond acceptors (Lipinski definition) is 4. The topological polar surface area (TPSA) is 36.5 Å². The predicted molar refractivity (Wildman–Crippen MR) is 49.7 cm³/mol. The van der Waals surface area contributed by atoms with Crippen molar-refractivity contribution in [1.82, 2.24) is 14.2 Å². The third-order valence-electron chi connectivity index (χ3n) is 1.34. The number of rotatable bonds is 2. The van der Waals surface area contributed by atoms with Gasteiger partial charge in [0.05, 0.1) is 0 Å². The molecule has 1 fully saturated rings. The summed E-state index contributed by atoms with van der Waals surface area (Å²) in [7, 11) is -1.94. The summed E-state index contributed by atoms with van der Waals surface area (Å²) < 4.78 is 66.5. The van der Waals surface area contributed by atoms with Crippen molar-refractivity contribution < 1.29 is 26.5 Å². The summed E-state index contributed by atoms with van der Waals surface area (Å²) in [5.41, 5.74) is 0. The number of hydrogen-bond donors (Lipinski definition) is 2. The average molecular weight is 289 g/mol. The van der Waals surface area contributed by atoms with Crippen LogP contribution in [0.1, 0.15) is 0 Å². The molecule has 2 N–H and O–H groups in total. The van der Waals surface area contributed by atoms with Crippen LogP contribution >= 0.6 is 26.2 Å². The number of nitrogens with one attached hydrogen (secondary N) is 2. The molecule has 3 atom stereocenters. The first-order chi connectivity index (χ1) is 6.80. The monoisotopic (exact) mass is 289 g/mol. The van der Waals surface area contributed by atoms with Crippen molar-refractivity contribution in [3.05, 3.63) is 0 Å². The third-order valence-corrected chi connectivity index (χ3v) is 5.80. The van der Waals surface area contributed by atoms with Gasteiger partial charge in [0.25, 0.3) is 0 Å². The van der Waals surface area contributed by atoms with Crippen LogP contribution in [0.25, 0.3) is 0 Å². The fraction of sp³-hybridized carbons (Fsp3) is 1.00. The molecule has 90 valence electrons. The smallest absolute Gasteiger partial charge is 0.334 e. The quantitative estimate of drug-likeness (QED) is 0.465. The zero-order chi connectivity index (χ0) is 11.7. The Hall–Kier alpha value is 0.780. The molecule has 0 aliphatic carbocycles. The standard InChI is InChI=1S/C3H7F5N3OP3/c1-12-15-10-13-9-14-11(15)3(7,8)2(4,5)6/h9-10,13-14H,1H3. The van der Waals surface area contributed by atoms with E-state index in [9.17, 15) is 22.0 Å². The molecule has 4 nitrogen and oxygen atoms in total. The highest BCUT2D eigenvalue weighted by atomic mass is 31.2. The van der Waals surface area contributed by atoms with Gasteiger partial charge in [0.2, 0.25) is 0 Å². The van der Waals surface area contributed by atoms with Crippen molar-refractivity contribution in [2.75, 3.05) is 7.11 Å². The summed E-state index contributed by atoms with van der Waals surface area (Å²) in [6, 6.07) is -4.89. The molecule has 0 radical (unpaired) electrons. The summed E-state index contributed by atoms with van der Waals surface area (Å²) in [6.45, 7) is 0. The lowest BCUT2D eigenvalue weighted by atomic mass is 10.6. The van der Waals surface area contributed by atoms with Gasteiger partial charge in [0, 0.05) is 24.9 Å². The molecule has 0 saturated carbocycles. The SMILES string of the molecule is COP1NPNPN1C(F)(F)C(F)(F)F. The molecule has 1 aliphatic heterocycles. The van der Waals surface area contributed by atoms with Crippen LogP contribution in [-0.4, -0.2) is 23.8 Å². The van der Waals surface area contributed by atoms with Crippen LogP contribution in [0, 0.1) is 0 Å². The molecule has 0 aromatic heterocycles. The summed E-state index contributed by atoms with van der Waals surface area (Å²) >= 11 is 0. The minimum Gasteiger partial charge on any atom is -0.334 e. The largest absolute Gasteiger partial charge is 0.470 e. The molecule has 1 aliphatic rings.